The molecule has 1 amide bonds. The Bertz CT molecular complexity index is 798. The average molecular weight is 375 g/mol. The smallest absolute Gasteiger partial charge is 0.272 e. The molecular formula is C19H23F2N5O. The number of hydrogen-bond acceptors (Lipinski definition) is 4. The molecule has 0 bridgehead atoms. The summed E-state index contributed by atoms with van der Waals surface area (Å²) in [6.07, 6.45) is 4.60. The quantitative estimate of drug-likeness (QED) is 0.859. The molecule has 2 atom stereocenters. The zero-order valence-electron chi connectivity index (χ0n) is 15.0. The monoisotopic (exact) mass is 375 g/mol. The first-order valence-corrected chi connectivity index (χ1v) is 9.37. The van der Waals surface area contributed by atoms with Gasteiger partial charge >= 0.3 is 0 Å². The van der Waals surface area contributed by atoms with E-state index in [0.717, 1.165) is 25.9 Å². The van der Waals surface area contributed by atoms with Crippen LogP contribution in [0.5, 0.6) is 0 Å². The minimum Gasteiger partial charge on any atom is -0.365 e. The average Bonchev–Trinajstić information content (AvgIpc) is 3.32. The van der Waals surface area contributed by atoms with Crippen molar-refractivity contribution in [2.45, 2.75) is 31.3 Å². The van der Waals surface area contributed by atoms with E-state index < -0.39 is 11.6 Å². The standard InChI is InChI=1S/C19H23F2N5O/c20-15-4-1-5-16(21)18(15)25-9-6-13(12-25)23-19(27)17-7-10-26(24-17)14-3-2-8-22-11-14/h1,4-5,7,10,13-14,22H,2-3,6,8-9,11-12H2,(H,23,27). The van der Waals surface area contributed by atoms with Crippen LogP contribution in [0.25, 0.3) is 0 Å². The molecular weight excluding hydrogens is 352 g/mol. The maximum absolute atomic E-state index is 13.9. The van der Waals surface area contributed by atoms with E-state index in [0.29, 0.717) is 25.2 Å². The van der Waals surface area contributed by atoms with Crippen LogP contribution < -0.4 is 15.5 Å². The molecule has 4 rings (SSSR count). The van der Waals surface area contributed by atoms with Crippen molar-refractivity contribution in [2.24, 2.45) is 0 Å². The molecule has 1 aromatic heterocycles. The van der Waals surface area contributed by atoms with Crippen LogP contribution in [0.4, 0.5) is 14.5 Å². The Morgan fingerprint density at radius 1 is 1.22 bits per heavy atom. The number of hydrogen-bond donors (Lipinski definition) is 2. The van der Waals surface area contributed by atoms with Crippen molar-refractivity contribution in [1.82, 2.24) is 20.4 Å². The lowest BCUT2D eigenvalue weighted by atomic mass is 10.1. The van der Waals surface area contributed by atoms with Crippen LogP contribution >= 0.6 is 0 Å². The second kappa shape index (κ2) is 7.64. The largest absolute Gasteiger partial charge is 0.365 e. The zero-order valence-corrected chi connectivity index (χ0v) is 15.0. The molecule has 27 heavy (non-hydrogen) atoms. The number of rotatable bonds is 4. The molecule has 6 nitrogen and oxygen atoms in total. The summed E-state index contributed by atoms with van der Waals surface area (Å²) in [5.41, 5.74) is 0.347. The predicted octanol–water partition coefficient (Wildman–Crippen LogP) is 2.09. The molecule has 2 N–H and O–H groups in total. The van der Waals surface area contributed by atoms with E-state index in [1.165, 1.54) is 18.2 Å². The van der Waals surface area contributed by atoms with Gasteiger partial charge in [-0.05, 0) is 44.0 Å². The van der Waals surface area contributed by atoms with E-state index in [2.05, 4.69) is 15.7 Å². The summed E-state index contributed by atoms with van der Waals surface area (Å²) in [6.45, 7) is 2.74. The van der Waals surface area contributed by atoms with Crippen molar-refractivity contribution in [3.63, 3.8) is 0 Å². The Kier molecular flexibility index (Phi) is 5.07. The second-order valence-corrected chi connectivity index (χ2v) is 7.16. The third kappa shape index (κ3) is 3.80. The Hall–Kier alpha value is -2.48. The van der Waals surface area contributed by atoms with Gasteiger partial charge in [-0.2, -0.15) is 5.10 Å². The van der Waals surface area contributed by atoms with Gasteiger partial charge in [0, 0.05) is 31.9 Å². The number of nitrogens with zero attached hydrogens (tertiary/aromatic N) is 3. The van der Waals surface area contributed by atoms with Crippen molar-refractivity contribution in [3.05, 3.63) is 47.8 Å². The van der Waals surface area contributed by atoms with Crippen molar-refractivity contribution in [1.29, 1.82) is 0 Å². The van der Waals surface area contributed by atoms with Crippen molar-refractivity contribution in [3.8, 4) is 0 Å². The van der Waals surface area contributed by atoms with Crippen molar-refractivity contribution < 1.29 is 13.6 Å². The van der Waals surface area contributed by atoms with Gasteiger partial charge in [-0.15, -0.1) is 0 Å². The molecule has 3 heterocycles. The summed E-state index contributed by atoms with van der Waals surface area (Å²) in [7, 11) is 0. The van der Waals surface area contributed by atoms with Gasteiger partial charge in [0.1, 0.15) is 23.0 Å². The Morgan fingerprint density at radius 3 is 2.78 bits per heavy atom. The first kappa shape index (κ1) is 17.9. The lowest BCUT2D eigenvalue weighted by molar-refractivity contribution is 0.0934. The zero-order chi connectivity index (χ0) is 18.8. The highest BCUT2D eigenvalue weighted by molar-refractivity contribution is 5.92. The van der Waals surface area contributed by atoms with Gasteiger partial charge in [-0.1, -0.05) is 6.07 Å². The van der Waals surface area contributed by atoms with Gasteiger partial charge in [0.15, 0.2) is 0 Å². The third-order valence-electron chi connectivity index (χ3n) is 5.26. The lowest BCUT2D eigenvalue weighted by Gasteiger charge is -2.23. The van der Waals surface area contributed by atoms with Crippen molar-refractivity contribution in [2.75, 3.05) is 31.1 Å². The maximum atomic E-state index is 13.9. The van der Waals surface area contributed by atoms with Crippen LogP contribution in [0.15, 0.2) is 30.5 Å². The van der Waals surface area contributed by atoms with E-state index in [4.69, 9.17) is 0 Å². The molecule has 2 aromatic rings. The third-order valence-corrected chi connectivity index (χ3v) is 5.26. The number of piperidine rings is 1. The van der Waals surface area contributed by atoms with Gasteiger partial charge in [-0.3, -0.25) is 9.48 Å². The number of benzene rings is 1. The minimum absolute atomic E-state index is 0.0247. The summed E-state index contributed by atoms with van der Waals surface area (Å²) in [5.74, 6) is -1.41. The number of para-hydroxylation sites is 1. The molecule has 2 fully saturated rings. The van der Waals surface area contributed by atoms with Gasteiger partial charge < -0.3 is 15.5 Å². The highest BCUT2D eigenvalue weighted by Crippen LogP contribution is 2.26. The summed E-state index contributed by atoms with van der Waals surface area (Å²) in [5, 5.41) is 10.7. The molecule has 2 unspecified atom stereocenters. The Morgan fingerprint density at radius 2 is 2.04 bits per heavy atom. The summed E-state index contributed by atoms with van der Waals surface area (Å²) in [4.78, 5) is 14.1. The van der Waals surface area contributed by atoms with E-state index >= 15 is 0 Å². The molecule has 1 aromatic carbocycles. The van der Waals surface area contributed by atoms with Crippen LogP contribution in [-0.4, -0.2) is 47.9 Å². The van der Waals surface area contributed by atoms with Crippen molar-refractivity contribution >= 4 is 11.6 Å². The van der Waals surface area contributed by atoms with E-state index in [1.807, 2.05) is 10.9 Å². The van der Waals surface area contributed by atoms with Gasteiger partial charge in [0.25, 0.3) is 5.91 Å². The number of nitrogens with one attached hydrogen (secondary N) is 2. The SMILES string of the molecule is O=C(NC1CCN(c2c(F)cccc2F)C1)c1ccn(C2CCCNC2)n1. The lowest BCUT2D eigenvalue weighted by Crippen LogP contribution is -2.37. The number of halogens is 2. The van der Waals surface area contributed by atoms with Gasteiger partial charge in [-0.25, -0.2) is 8.78 Å². The first-order valence-electron chi connectivity index (χ1n) is 9.37. The van der Waals surface area contributed by atoms with E-state index in [1.54, 1.807) is 11.0 Å². The fourth-order valence-electron chi connectivity index (χ4n) is 3.85. The Balaban J connectivity index is 1.37. The second-order valence-electron chi connectivity index (χ2n) is 7.16. The first-order chi connectivity index (χ1) is 13.1. The fourth-order valence-corrected chi connectivity index (χ4v) is 3.85. The normalized spacial score (nSPS) is 22.8. The highest BCUT2D eigenvalue weighted by atomic mass is 19.1. The summed E-state index contributed by atoms with van der Waals surface area (Å²) >= 11 is 0. The molecule has 0 saturated carbocycles. The minimum atomic E-state index is -0.582. The van der Waals surface area contributed by atoms with E-state index in [9.17, 15) is 13.6 Å². The molecule has 2 saturated heterocycles. The van der Waals surface area contributed by atoms with Crippen LogP contribution in [0.1, 0.15) is 35.8 Å². The Labute approximate surface area is 156 Å². The van der Waals surface area contributed by atoms with Crippen LogP contribution in [0.3, 0.4) is 0 Å². The van der Waals surface area contributed by atoms with Crippen LogP contribution in [0.2, 0.25) is 0 Å². The summed E-state index contributed by atoms with van der Waals surface area (Å²) < 4.78 is 29.7. The molecule has 2 aliphatic heterocycles. The number of carbonyl (C=O) groups excluding carboxylic acids is 1. The van der Waals surface area contributed by atoms with Crippen LogP contribution in [-0.2, 0) is 0 Å². The van der Waals surface area contributed by atoms with E-state index in [-0.39, 0.29) is 23.7 Å². The number of amides is 1. The number of carbonyl (C=O) groups is 1. The fraction of sp³-hybridized carbons (Fsp3) is 0.474. The molecule has 0 aliphatic carbocycles. The molecule has 2 aliphatic rings. The molecule has 0 spiro atoms. The number of aromatic nitrogens is 2. The number of anilines is 1. The topological polar surface area (TPSA) is 62.2 Å². The molecule has 144 valence electrons. The highest BCUT2D eigenvalue weighted by Gasteiger charge is 2.28. The summed E-state index contributed by atoms with van der Waals surface area (Å²) in [6, 6.07) is 5.66. The van der Waals surface area contributed by atoms with Gasteiger partial charge in [0.05, 0.1) is 6.04 Å². The predicted molar refractivity (Wildman–Crippen MR) is 97.8 cm³/mol. The van der Waals surface area contributed by atoms with Gasteiger partial charge in [0.2, 0.25) is 0 Å². The van der Waals surface area contributed by atoms with Crippen LogP contribution in [0, 0.1) is 11.6 Å². The molecule has 8 heteroatoms. The molecule has 0 radical (unpaired) electrons. The maximum Gasteiger partial charge on any atom is 0.272 e.